The highest BCUT2D eigenvalue weighted by atomic mass is 32.2. The Morgan fingerprint density at radius 1 is 0.923 bits per heavy atom. The van der Waals surface area contributed by atoms with E-state index < -0.39 is 10.0 Å². The summed E-state index contributed by atoms with van der Waals surface area (Å²) in [4.78, 5) is 12.2. The lowest BCUT2D eigenvalue weighted by Crippen LogP contribution is -2.28. The summed E-state index contributed by atoms with van der Waals surface area (Å²) in [6.45, 7) is 1.94. The van der Waals surface area contributed by atoms with E-state index in [0.29, 0.717) is 0 Å². The van der Waals surface area contributed by atoms with Gasteiger partial charge in [-0.25, -0.2) is 13.1 Å². The van der Waals surface area contributed by atoms with Gasteiger partial charge in [0.15, 0.2) is 0 Å². The van der Waals surface area contributed by atoms with Crippen LogP contribution in [0, 0.1) is 6.92 Å². The molecule has 0 atom stereocenters. The summed E-state index contributed by atoms with van der Waals surface area (Å²) in [5.74, 6) is -0.236. The zero-order valence-corrected chi connectivity index (χ0v) is 15.2. The molecule has 0 heterocycles. The largest absolute Gasteiger partial charge is 0.326 e. The van der Waals surface area contributed by atoms with Crippen LogP contribution in [0.2, 0.25) is 0 Å². The average molecular weight is 368 g/mol. The van der Waals surface area contributed by atoms with Gasteiger partial charge < -0.3 is 5.32 Å². The van der Waals surface area contributed by atoms with E-state index in [0.717, 1.165) is 22.0 Å². The van der Waals surface area contributed by atoms with Crippen molar-refractivity contribution in [1.29, 1.82) is 0 Å². The summed E-state index contributed by atoms with van der Waals surface area (Å²) in [5.41, 5.74) is 1.69. The highest BCUT2D eigenvalue weighted by molar-refractivity contribution is 7.89. The van der Waals surface area contributed by atoms with Crippen LogP contribution in [0.5, 0.6) is 0 Å². The fourth-order valence-corrected chi connectivity index (χ4v) is 3.71. The van der Waals surface area contributed by atoms with E-state index in [1.165, 1.54) is 0 Å². The summed E-state index contributed by atoms with van der Waals surface area (Å²) in [7, 11) is -3.66. The lowest BCUT2D eigenvalue weighted by Gasteiger charge is -2.10. The number of hydrogen-bond acceptors (Lipinski definition) is 3. The molecule has 0 unspecified atom stereocenters. The molecule has 3 rings (SSSR count). The van der Waals surface area contributed by atoms with Crippen LogP contribution in [0.3, 0.4) is 0 Å². The first-order valence-corrected chi connectivity index (χ1v) is 9.78. The third-order valence-corrected chi connectivity index (χ3v) is 5.55. The van der Waals surface area contributed by atoms with E-state index in [-0.39, 0.29) is 23.8 Å². The molecule has 0 radical (unpaired) electrons. The Labute approximate surface area is 153 Å². The van der Waals surface area contributed by atoms with Crippen molar-refractivity contribution >= 4 is 32.4 Å². The van der Waals surface area contributed by atoms with Gasteiger partial charge in [0, 0.05) is 18.7 Å². The minimum Gasteiger partial charge on any atom is -0.326 e. The van der Waals surface area contributed by atoms with Crippen molar-refractivity contribution in [2.75, 3.05) is 11.9 Å². The number of para-hydroxylation sites is 1. The van der Waals surface area contributed by atoms with E-state index in [4.69, 9.17) is 0 Å². The number of carbonyl (C=O) groups excluding carboxylic acids is 1. The lowest BCUT2D eigenvalue weighted by molar-refractivity contribution is -0.116. The number of carbonyl (C=O) groups is 1. The molecule has 134 valence electrons. The monoisotopic (exact) mass is 368 g/mol. The molecular formula is C20H20N2O3S. The Kier molecular flexibility index (Phi) is 5.35. The van der Waals surface area contributed by atoms with Crippen molar-refractivity contribution in [3.05, 3.63) is 72.3 Å². The quantitative estimate of drug-likeness (QED) is 0.700. The molecule has 0 saturated heterocycles. The van der Waals surface area contributed by atoms with Crippen LogP contribution in [0.15, 0.2) is 71.6 Å². The van der Waals surface area contributed by atoms with Crippen LogP contribution in [0.1, 0.15) is 12.0 Å². The second-order valence-electron chi connectivity index (χ2n) is 6.02. The van der Waals surface area contributed by atoms with Gasteiger partial charge >= 0.3 is 0 Å². The van der Waals surface area contributed by atoms with Gasteiger partial charge in [0.25, 0.3) is 0 Å². The third kappa shape index (κ3) is 4.28. The van der Waals surface area contributed by atoms with Crippen molar-refractivity contribution in [2.24, 2.45) is 0 Å². The summed E-state index contributed by atoms with van der Waals surface area (Å²) in [6, 6.07) is 20.0. The zero-order chi connectivity index (χ0) is 18.6. The number of hydrogen-bond donors (Lipinski definition) is 2. The second-order valence-corrected chi connectivity index (χ2v) is 7.79. The van der Waals surface area contributed by atoms with Crippen molar-refractivity contribution in [1.82, 2.24) is 4.72 Å². The molecule has 5 nitrogen and oxygen atoms in total. The number of amides is 1. The van der Waals surface area contributed by atoms with Crippen LogP contribution in [-0.4, -0.2) is 20.9 Å². The molecule has 0 aliphatic carbocycles. The summed E-state index contributed by atoms with van der Waals surface area (Å²) >= 11 is 0. The van der Waals surface area contributed by atoms with Crippen LogP contribution in [0.4, 0.5) is 5.69 Å². The molecular weight excluding hydrogens is 348 g/mol. The zero-order valence-electron chi connectivity index (χ0n) is 14.4. The fraction of sp³-hybridized carbons (Fsp3) is 0.150. The van der Waals surface area contributed by atoms with E-state index in [2.05, 4.69) is 10.0 Å². The van der Waals surface area contributed by atoms with Gasteiger partial charge in [-0.05, 0) is 41.5 Å². The molecule has 1 amide bonds. The number of nitrogens with one attached hydrogen (secondary N) is 2. The van der Waals surface area contributed by atoms with Crippen LogP contribution in [0.25, 0.3) is 10.8 Å². The van der Waals surface area contributed by atoms with Gasteiger partial charge in [-0.2, -0.15) is 0 Å². The molecule has 0 aliphatic heterocycles. The average Bonchev–Trinajstić information content (AvgIpc) is 2.63. The number of anilines is 1. The van der Waals surface area contributed by atoms with Crippen molar-refractivity contribution < 1.29 is 13.2 Å². The van der Waals surface area contributed by atoms with Gasteiger partial charge in [-0.15, -0.1) is 0 Å². The predicted octanol–water partition coefficient (Wildman–Crippen LogP) is 3.46. The molecule has 6 heteroatoms. The van der Waals surface area contributed by atoms with E-state index in [9.17, 15) is 13.2 Å². The third-order valence-electron chi connectivity index (χ3n) is 4.09. The predicted molar refractivity (Wildman–Crippen MR) is 104 cm³/mol. The maximum atomic E-state index is 12.4. The van der Waals surface area contributed by atoms with Crippen LogP contribution < -0.4 is 10.0 Å². The summed E-state index contributed by atoms with van der Waals surface area (Å²) in [6.07, 6.45) is 0.0567. The van der Waals surface area contributed by atoms with Crippen LogP contribution >= 0.6 is 0 Å². The van der Waals surface area contributed by atoms with Gasteiger partial charge in [0.2, 0.25) is 15.9 Å². The molecule has 0 aromatic heterocycles. The Bertz CT molecular complexity index is 1050. The molecule has 26 heavy (non-hydrogen) atoms. The van der Waals surface area contributed by atoms with Gasteiger partial charge in [-0.3, -0.25) is 4.79 Å². The number of aryl methyl sites for hydroxylation is 1. The van der Waals surface area contributed by atoms with Gasteiger partial charge in [-0.1, -0.05) is 48.5 Å². The van der Waals surface area contributed by atoms with E-state index in [1.54, 1.807) is 18.2 Å². The second kappa shape index (κ2) is 7.68. The van der Waals surface area contributed by atoms with Crippen molar-refractivity contribution in [3.63, 3.8) is 0 Å². The fourth-order valence-electron chi connectivity index (χ4n) is 2.64. The number of rotatable bonds is 6. The standard InChI is InChI=1S/C20H20N2O3S/c1-15-6-2-5-9-19(15)22-20(23)12-13-21-26(24,25)18-11-10-16-7-3-4-8-17(16)14-18/h2-11,14,21H,12-13H2,1H3,(H,22,23). The van der Waals surface area contributed by atoms with E-state index >= 15 is 0 Å². The van der Waals surface area contributed by atoms with Crippen LogP contribution in [-0.2, 0) is 14.8 Å². The number of sulfonamides is 1. The Morgan fingerprint density at radius 3 is 2.38 bits per heavy atom. The lowest BCUT2D eigenvalue weighted by atomic mass is 10.1. The molecule has 0 aliphatic rings. The molecule has 0 saturated carbocycles. The number of benzene rings is 3. The summed E-state index contributed by atoms with van der Waals surface area (Å²) < 4.78 is 27.3. The Balaban J connectivity index is 1.61. The molecule has 0 spiro atoms. The molecule has 2 N–H and O–H groups in total. The SMILES string of the molecule is Cc1ccccc1NC(=O)CCNS(=O)(=O)c1ccc2ccccc2c1. The van der Waals surface area contributed by atoms with Gasteiger partial charge in [0.05, 0.1) is 4.90 Å². The maximum Gasteiger partial charge on any atom is 0.240 e. The molecule has 0 bridgehead atoms. The molecule has 0 fully saturated rings. The molecule has 3 aromatic carbocycles. The normalized spacial score (nSPS) is 11.4. The topological polar surface area (TPSA) is 75.3 Å². The maximum absolute atomic E-state index is 12.4. The van der Waals surface area contributed by atoms with Crippen molar-refractivity contribution in [3.8, 4) is 0 Å². The minimum atomic E-state index is -3.66. The smallest absolute Gasteiger partial charge is 0.240 e. The van der Waals surface area contributed by atoms with Gasteiger partial charge in [0.1, 0.15) is 0 Å². The van der Waals surface area contributed by atoms with E-state index in [1.807, 2.05) is 55.5 Å². The number of fused-ring (bicyclic) bond motifs is 1. The highest BCUT2D eigenvalue weighted by Crippen LogP contribution is 2.19. The highest BCUT2D eigenvalue weighted by Gasteiger charge is 2.15. The first-order chi connectivity index (χ1) is 12.5. The summed E-state index contributed by atoms with van der Waals surface area (Å²) in [5, 5.41) is 4.62. The Hall–Kier alpha value is -2.70. The first-order valence-electron chi connectivity index (χ1n) is 8.30. The molecule has 3 aromatic rings. The first kappa shape index (κ1) is 18.1. The minimum absolute atomic E-state index is 0.0346. The van der Waals surface area contributed by atoms with Crippen molar-refractivity contribution in [2.45, 2.75) is 18.2 Å². The Morgan fingerprint density at radius 2 is 1.62 bits per heavy atom.